The van der Waals surface area contributed by atoms with Crippen LogP contribution in [-0.2, 0) is 0 Å². The van der Waals surface area contributed by atoms with Gasteiger partial charge >= 0.3 is 18.9 Å². The van der Waals surface area contributed by atoms with Gasteiger partial charge in [-0.15, -0.1) is 22.4 Å². The molecule has 1 aliphatic heterocycles. The quantitative estimate of drug-likeness (QED) is 0.405. The molecule has 0 spiro atoms. The Hall–Kier alpha value is -0.973. The Kier molecular flexibility index (Phi) is 2.26. The topological polar surface area (TPSA) is 18.5 Å². The second kappa shape index (κ2) is 3.31. The van der Waals surface area contributed by atoms with E-state index in [1.54, 1.807) is 0 Å². The molecule has 0 bridgehead atoms. The molecule has 0 saturated heterocycles. The summed E-state index contributed by atoms with van der Waals surface area (Å²) in [6.07, 6.45) is 0. The number of ether oxygens (including phenoxy) is 2. The van der Waals surface area contributed by atoms with E-state index in [0.717, 1.165) is 11.5 Å². The van der Waals surface area contributed by atoms with Crippen molar-refractivity contribution >= 4 is 10.8 Å². The Balaban J connectivity index is 0.000000750. The fraction of sp³-hybridized carbons (Fsp3) is 0.182. The number of hydrogen-bond acceptors (Lipinski definition) is 2. The van der Waals surface area contributed by atoms with E-state index >= 15 is 0 Å². The van der Waals surface area contributed by atoms with Gasteiger partial charge in [0, 0.05) is 0 Å². The first-order valence-electron chi connectivity index (χ1n) is 4.29. The van der Waals surface area contributed by atoms with Crippen molar-refractivity contribution in [3.05, 3.63) is 29.8 Å². The minimum atomic E-state index is 0. The molecule has 1 heterocycles. The number of fused-ring (bicyclic) bond motifs is 2. The van der Waals surface area contributed by atoms with Gasteiger partial charge in [-0.2, -0.15) is 6.07 Å². The van der Waals surface area contributed by atoms with Crippen LogP contribution in [0, 0.1) is 6.92 Å². The fourth-order valence-corrected chi connectivity index (χ4v) is 1.76. The Morgan fingerprint density at radius 1 is 1.14 bits per heavy atom. The van der Waals surface area contributed by atoms with Gasteiger partial charge in [0.1, 0.15) is 11.5 Å². The summed E-state index contributed by atoms with van der Waals surface area (Å²) in [6, 6.07) is 8.36. The van der Waals surface area contributed by atoms with Crippen LogP contribution in [-0.4, -0.2) is 6.79 Å². The molecule has 0 aromatic heterocycles. The molecule has 0 fully saturated rings. The minimum absolute atomic E-state index is 0. The molecular weight excluding hydrogens is 171 g/mol. The van der Waals surface area contributed by atoms with Crippen LogP contribution < -0.4 is 28.3 Å². The van der Waals surface area contributed by atoms with Crippen LogP contribution in [0.1, 0.15) is 5.56 Å². The molecule has 2 nitrogen and oxygen atoms in total. The van der Waals surface area contributed by atoms with Gasteiger partial charge < -0.3 is 9.47 Å². The molecule has 0 N–H and O–H groups in total. The minimum Gasteiger partial charge on any atom is -0.463 e. The summed E-state index contributed by atoms with van der Waals surface area (Å²) in [5.74, 6) is 1.72. The maximum Gasteiger partial charge on any atom is 1.00 e. The van der Waals surface area contributed by atoms with Crippen molar-refractivity contribution < 1.29 is 28.3 Å². The third kappa shape index (κ3) is 1.32. The molecule has 14 heavy (non-hydrogen) atoms. The van der Waals surface area contributed by atoms with Crippen molar-refractivity contribution in [2.45, 2.75) is 6.92 Å². The summed E-state index contributed by atoms with van der Waals surface area (Å²) in [5.41, 5.74) is 1.28. The average Bonchev–Trinajstić information content (AvgIpc) is 2.63. The molecule has 1 aliphatic rings. The summed E-state index contributed by atoms with van der Waals surface area (Å²) < 4.78 is 10.6. The molecule has 0 unspecified atom stereocenters. The first-order chi connectivity index (χ1) is 6.33. The number of rotatable bonds is 0. The smallest absolute Gasteiger partial charge is 0.463 e. The zero-order valence-corrected chi connectivity index (χ0v) is 8.33. The molecule has 3 heteroatoms. The van der Waals surface area contributed by atoms with Gasteiger partial charge in [0.25, 0.3) is 0 Å². The van der Waals surface area contributed by atoms with Gasteiger partial charge in [-0.05, 0) is 0 Å². The van der Waals surface area contributed by atoms with Gasteiger partial charge in [0.2, 0.25) is 6.79 Å². The SMILES string of the molecule is Cc1cc2cc3c(cc2[cH-]1)OCO3.[Li+]. The van der Waals surface area contributed by atoms with Crippen LogP contribution in [0.15, 0.2) is 24.3 Å². The standard InChI is InChI=1S/C11H9O2.Li/c1-7-2-8-4-10-11(13-6-12-10)5-9(8)3-7;/h2-5H,6H2,1H3;/q-1;+1. The number of hydrogen-bond donors (Lipinski definition) is 0. The summed E-state index contributed by atoms with van der Waals surface area (Å²) in [7, 11) is 0. The zero-order chi connectivity index (χ0) is 8.84. The summed E-state index contributed by atoms with van der Waals surface area (Å²) >= 11 is 0. The predicted octanol–water partition coefficient (Wildman–Crippen LogP) is -0.400. The van der Waals surface area contributed by atoms with Crippen molar-refractivity contribution in [2.75, 3.05) is 6.79 Å². The van der Waals surface area contributed by atoms with Crippen LogP contribution in [0.3, 0.4) is 0 Å². The van der Waals surface area contributed by atoms with E-state index in [9.17, 15) is 0 Å². The van der Waals surface area contributed by atoms with Crippen molar-refractivity contribution in [3.63, 3.8) is 0 Å². The van der Waals surface area contributed by atoms with E-state index in [2.05, 4.69) is 19.1 Å². The number of aryl methyl sites for hydroxylation is 1. The maximum atomic E-state index is 5.29. The molecule has 0 atom stereocenters. The first-order valence-corrected chi connectivity index (χ1v) is 4.29. The molecule has 0 amide bonds. The maximum absolute atomic E-state index is 5.29. The molecule has 0 saturated carbocycles. The van der Waals surface area contributed by atoms with Crippen LogP contribution in [0.25, 0.3) is 10.8 Å². The van der Waals surface area contributed by atoms with E-state index in [4.69, 9.17) is 9.47 Å². The van der Waals surface area contributed by atoms with Gasteiger partial charge in [-0.3, -0.25) is 0 Å². The van der Waals surface area contributed by atoms with Gasteiger partial charge in [0.15, 0.2) is 0 Å². The van der Waals surface area contributed by atoms with E-state index in [0.29, 0.717) is 6.79 Å². The molecule has 3 rings (SSSR count). The second-order valence-corrected chi connectivity index (χ2v) is 3.37. The van der Waals surface area contributed by atoms with Crippen molar-refractivity contribution in [1.29, 1.82) is 0 Å². The Bertz CT molecular complexity index is 432. The molecular formula is C11H9LiO2. The Morgan fingerprint density at radius 3 is 2.64 bits per heavy atom. The summed E-state index contributed by atoms with van der Waals surface area (Å²) in [5, 5.41) is 2.45. The van der Waals surface area contributed by atoms with Crippen LogP contribution in [0.2, 0.25) is 0 Å². The normalized spacial score (nSPS) is 12.9. The summed E-state index contributed by atoms with van der Waals surface area (Å²) in [6.45, 7) is 2.44. The summed E-state index contributed by atoms with van der Waals surface area (Å²) in [4.78, 5) is 0. The fourth-order valence-electron chi connectivity index (χ4n) is 1.76. The van der Waals surface area contributed by atoms with Gasteiger partial charge in [-0.25, -0.2) is 0 Å². The second-order valence-electron chi connectivity index (χ2n) is 3.37. The molecule has 0 radical (unpaired) electrons. The Morgan fingerprint density at radius 2 is 1.86 bits per heavy atom. The zero-order valence-electron chi connectivity index (χ0n) is 8.33. The molecule has 2 aromatic rings. The van der Waals surface area contributed by atoms with E-state index < -0.39 is 0 Å². The molecule has 66 valence electrons. The van der Waals surface area contributed by atoms with Gasteiger partial charge in [0.05, 0.1) is 0 Å². The largest absolute Gasteiger partial charge is 1.00 e. The van der Waals surface area contributed by atoms with E-state index in [-0.39, 0.29) is 18.9 Å². The van der Waals surface area contributed by atoms with Crippen molar-refractivity contribution in [2.24, 2.45) is 0 Å². The van der Waals surface area contributed by atoms with Crippen LogP contribution in [0.5, 0.6) is 11.5 Å². The first kappa shape index (κ1) is 9.58. The predicted molar refractivity (Wildman–Crippen MR) is 50.4 cm³/mol. The monoisotopic (exact) mass is 180 g/mol. The van der Waals surface area contributed by atoms with Gasteiger partial charge in [-0.1, -0.05) is 19.1 Å². The number of benzene rings is 1. The third-order valence-corrected chi connectivity index (χ3v) is 2.34. The van der Waals surface area contributed by atoms with E-state index in [1.165, 1.54) is 16.3 Å². The third-order valence-electron chi connectivity index (χ3n) is 2.34. The van der Waals surface area contributed by atoms with Crippen molar-refractivity contribution in [1.82, 2.24) is 0 Å². The van der Waals surface area contributed by atoms with Crippen LogP contribution >= 0.6 is 0 Å². The van der Waals surface area contributed by atoms with Crippen molar-refractivity contribution in [3.8, 4) is 11.5 Å². The van der Waals surface area contributed by atoms with Crippen LogP contribution in [0.4, 0.5) is 0 Å². The van der Waals surface area contributed by atoms with E-state index in [1.807, 2.05) is 12.1 Å². The molecule has 0 aliphatic carbocycles. The molecule has 2 aromatic carbocycles. The Labute approximate surface area is 94.4 Å². The average molecular weight is 180 g/mol.